The molecule has 7 nitrogen and oxygen atoms in total. The number of para-hydroxylation sites is 4. The van der Waals surface area contributed by atoms with E-state index in [0.717, 1.165) is 10.8 Å². The van der Waals surface area contributed by atoms with Crippen LogP contribution in [0.2, 0.25) is 0 Å². The number of hydrogen-bond donors (Lipinski definition) is 1. The molecule has 7 aromatic carbocycles. The molecule has 1 N–H and O–H groups in total. The first-order chi connectivity index (χ1) is 23.2. The minimum Gasteiger partial charge on any atom is -0.506 e. The van der Waals surface area contributed by atoms with Crippen LogP contribution in [0.1, 0.15) is 0 Å². The first-order valence-corrected chi connectivity index (χ1v) is 16.9. The van der Waals surface area contributed by atoms with Gasteiger partial charge in [-0.3, -0.25) is 0 Å². The molecule has 0 spiro atoms. The summed E-state index contributed by atoms with van der Waals surface area (Å²) in [7, 11) is -3.95. The van der Waals surface area contributed by atoms with E-state index in [1.807, 2.05) is 152 Å². The summed E-state index contributed by atoms with van der Waals surface area (Å²) in [5.74, 6) is 3.11. The Kier molecular flexibility index (Phi) is 9.19. The number of benzene rings is 7. The predicted octanol–water partition coefficient (Wildman–Crippen LogP) is 11.2. The highest BCUT2D eigenvalue weighted by Crippen LogP contribution is 2.50. The summed E-state index contributed by atoms with van der Waals surface area (Å²) in [6.07, 6.45) is 0. The second-order valence-corrected chi connectivity index (χ2v) is 12.2. The Hall–Kier alpha value is -5.48. The zero-order chi connectivity index (χ0) is 31.8. The van der Waals surface area contributed by atoms with Crippen LogP contribution in [0.4, 0.5) is 0 Å². The van der Waals surface area contributed by atoms with Crippen LogP contribution in [-0.4, -0.2) is 5.11 Å². The van der Waals surface area contributed by atoms with Crippen LogP contribution in [0.15, 0.2) is 164 Å². The van der Waals surface area contributed by atoms with Crippen LogP contribution in [0.5, 0.6) is 40.2 Å². The van der Waals surface area contributed by atoms with Crippen molar-refractivity contribution < 1.29 is 32.2 Å². The highest BCUT2D eigenvalue weighted by Gasteiger charge is 2.25. The third kappa shape index (κ3) is 7.34. The topological polar surface area (TPSA) is 75.6 Å². The molecule has 0 heterocycles. The average molecular weight is 659 g/mol. The molecule has 0 atom stereocenters. The lowest BCUT2D eigenvalue weighted by Crippen LogP contribution is -2.03. The van der Waals surface area contributed by atoms with E-state index in [1.54, 1.807) is 12.1 Å². The number of rotatable bonds is 12. The van der Waals surface area contributed by atoms with Gasteiger partial charge in [-0.2, -0.15) is 0 Å². The minimum atomic E-state index is -1.98. The van der Waals surface area contributed by atoms with E-state index in [0.29, 0.717) is 45.3 Å². The van der Waals surface area contributed by atoms with E-state index >= 15 is 0 Å². The molecule has 47 heavy (non-hydrogen) atoms. The largest absolute Gasteiger partial charge is 0.530 e. The molecule has 0 saturated heterocycles. The molecular weight excluding hydrogens is 630 g/mol. The van der Waals surface area contributed by atoms with Crippen LogP contribution in [-0.2, 0) is 0 Å². The van der Waals surface area contributed by atoms with Crippen molar-refractivity contribution in [1.29, 1.82) is 0 Å². The van der Waals surface area contributed by atoms with Gasteiger partial charge in [-0.05, 0) is 77.5 Å². The number of phenols is 1. The molecule has 7 aromatic rings. The molecule has 0 unspecified atom stereocenters. The van der Waals surface area contributed by atoms with E-state index < -0.39 is 17.2 Å². The molecule has 0 aliphatic heterocycles. The molecule has 0 radical (unpaired) electrons. The van der Waals surface area contributed by atoms with Crippen LogP contribution in [0.3, 0.4) is 0 Å². The molecule has 0 bridgehead atoms. The van der Waals surface area contributed by atoms with Gasteiger partial charge >= 0.3 is 17.2 Å². The van der Waals surface area contributed by atoms with Crippen molar-refractivity contribution in [2.45, 2.75) is 0 Å². The fraction of sp³-hybridized carbons (Fsp3) is 0. The Bertz CT molecular complexity index is 1840. The number of aromatic hydroxyl groups is 1. The Balaban J connectivity index is 1.26. The molecule has 0 aliphatic rings. The van der Waals surface area contributed by atoms with Gasteiger partial charge in [0.25, 0.3) is 0 Å². The third-order valence-corrected chi connectivity index (χ3v) is 9.07. The van der Waals surface area contributed by atoms with E-state index in [-0.39, 0.29) is 5.75 Å². The van der Waals surface area contributed by atoms with Crippen molar-refractivity contribution in [3.05, 3.63) is 164 Å². The van der Waals surface area contributed by atoms with Gasteiger partial charge < -0.3 is 32.2 Å². The van der Waals surface area contributed by atoms with Crippen LogP contribution < -0.4 is 27.1 Å². The van der Waals surface area contributed by atoms with E-state index in [4.69, 9.17) is 27.1 Å². The Morgan fingerprint density at radius 3 is 0.979 bits per heavy atom. The van der Waals surface area contributed by atoms with Gasteiger partial charge in [0.15, 0.2) is 0 Å². The number of fused-ring (bicyclic) bond motifs is 2. The maximum absolute atomic E-state index is 11.9. The molecular formula is C38H28O7P2. The van der Waals surface area contributed by atoms with Crippen molar-refractivity contribution in [3.63, 3.8) is 0 Å². The lowest BCUT2D eigenvalue weighted by atomic mass is 10.0. The zero-order valence-electron chi connectivity index (χ0n) is 24.9. The van der Waals surface area contributed by atoms with E-state index in [1.165, 1.54) is 0 Å². The van der Waals surface area contributed by atoms with Crippen molar-refractivity contribution in [1.82, 2.24) is 0 Å². The standard InChI is InChI=1S/C38H28O7P2/c39-38-36-28(15-13-25-34(36)44-46(40-30-17-5-1-6-18-30)41-31-19-7-2-8-20-31)27-29-16-14-26-35(37(29)38)45-47(42-32-21-9-3-10-22-32)43-33-23-11-4-12-24-33/h1-27,39H. The van der Waals surface area contributed by atoms with Crippen molar-refractivity contribution >= 4 is 38.7 Å². The lowest BCUT2D eigenvalue weighted by Gasteiger charge is -2.21. The van der Waals surface area contributed by atoms with Gasteiger partial charge in [0.1, 0.15) is 40.2 Å². The summed E-state index contributed by atoms with van der Waals surface area (Å²) in [6.45, 7) is 0. The zero-order valence-corrected chi connectivity index (χ0v) is 26.7. The fourth-order valence-electron chi connectivity index (χ4n) is 4.83. The van der Waals surface area contributed by atoms with Crippen molar-refractivity contribution in [2.75, 3.05) is 0 Å². The van der Waals surface area contributed by atoms with Crippen molar-refractivity contribution in [2.24, 2.45) is 0 Å². The first-order valence-electron chi connectivity index (χ1n) is 14.8. The maximum Gasteiger partial charge on any atom is 0.530 e. The predicted molar refractivity (Wildman–Crippen MR) is 186 cm³/mol. The molecule has 9 heteroatoms. The summed E-state index contributed by atoms with van der Waals surface area (Å²) in [4.78, 5) is 0. The molecule has 232 valence electrons. The van der Waals surface area contributed by atoms with Gasteiger partial charge in [0.2, 0.25) is 0 Å². The van der Waals surface area contributed by atoms with Crippen LogP contribution in [0.25, 0.3) is 21.5 Å². The summed E-state index contributed by atoms with van der Waals surface area (Å²) in [5, 5.41) is 14.4. The molecule has 0 amide bonds. The van der Waals surface area contributed by atoms with Gasteiger partial charge in [-0.25, -0.2) is 0 Å². The molecule has 0 aliphatic carbocycles. The Morgan fingerprint density at radius 1 is 0.340 bits per heavy atom. The highest BCUT2D eigenvalue weighted by molar-refractivity contribution is 7.43. The molecule has 0 fully saturated rings. The van der Waals surface area contributed by atoms with Crippen molar-refractivity contribution in [3.8, 4) is 40.2 Å². The highest BCUT2D eigenvalue weighted by atomic mass is 31.2. The molecule has 0 aromatic heterocycles. The summed E-state index contributed by atoms with van der Waals surface area (Å²) in [5.41, 5.74) is 0. The summed E-state index contributed by atoms with van der Waals surface area (Å²) >= 11 is 0. The van der Waals surface area contributed by atoms with Gasteiger partial charge in [-0.15, -0.1) is 0 Å². The van der Waals surface area contributed by atoms with E-state index in [9.17, 15) is 5.11 Å². The second-order valence-electron chi connectivity index (χ2n) is 10.2. The maximum atomic E-state index is 11.9. The fourth-order valence-corrected chi connectivity index (χ4v) is 6.85. The summed E-state index contributed by atoms with van der Waals surface area (Å²) < 4.78 is 37.5. The minimum absolute atomic E-state index is 0.0209. The van der Waals surface area contributed by atoms with Crippen LogP contribution in [0, 0.1) is 0 Å². The smallest absolute Gasteiger partial charge is 0.506 e. The summed E-state index contributed by atoms with van der Waals surface area (Å²) in [6, 6.07) is 50.4. The van der Waals surface area contributed by atoms with Gasteiger partial charge in [-0.1, -0.05) is 97.1 Å². The Morgan fingerprint density at radius 2 is 0.660 bits per heavy atom. The second kappa shape index (κ2) is 14.3. The number of phenolic OH excluding ortho intramolecular Hbond substituents is 1. The molecule has 0 saturated carbocycles. The van der Waals surface area contributed by atoms with Gasteiger partial charge in [0.05, 0.1) is 10.8 Å². The van der Waals surface area contributed by atoms with Gasteiger partial charge in [0, 0.05) is 0 Å². The Labute approximate surface area is 274 Å². The third-order valence-electron chi connectivity index (χ3n) is 6.94. The average Bonchev–Trinajstić information content (AvgIpc) is 3.10. The quantitative estimate of drug-likeness (QED) is 0.103. The monoisotopic (exact) mass is 658 g/mol. The van der Waals surface area contributed by atoms with Crippen LogP contribution >= 0.6 is 17.2 Å². The SMILES string of the molecule is Oc1c2c(OP(Oc3ccccc3)Oc3ccccc3)cccc2cc2cccc(OP(Oc3ccccc3)Oc3ccccc3)c12. The molecule has 7 rings (SSSR count). The lowest BCUT2D eigenvalue weighted by molar-refractivity contribution is 0.389. The number of hydrogen-bond acceptors (Lipinski definition) is 7. The normalized spacial score (nSPS) is 11.0. The first kappa shape index (κ1) is 30.2. The van der Waals surface area contributed by atoms with E-state index in [2.05, 4.69) is 0 Å².